The summed E-state index contributed by atoms with van der Waals surface area (Å²) in [6, 6.07) is 20.7. The molecule has 1 aromatic heterocycles. The van der Waals surface area contributed by atoms with Crippen molar-refractivity contribution in [2.75, 3.05) is 5.32 Å². The van der Waals surface area contributed by atoms with Crippen LogP contribution in [0.15, 0.2) is 83.4 Å². The molecule has 0 aliphatic rings. The van der Waals surface area contributed by atoms with Crippen molar-refractivity contribution in [1.29, 1.82) is 0 Å². The number of amides is 1. The van der Waals surface area contributed by atoms with Gasteiger partial charge in [-0.15, -0.1) is 0 Å². The fourth-order valence-electron chi connectivity index (χ4n) is 2.98. The Balaban J connectivity index is 1.31. The Morgan fingerprint density at radius 2 is 1.71 bits per heavy atom. The predicted molar refractivity (Wildman–Crippen MR) is 118 cm³/mol. The molecule has 0 atom stereocenters. The largest absolute Gasteiger partial charge is 0.439 e. The van der Waals surface area contributed by atoms with E-state index in [0.717, 1.165) is 11.3 Å². The Morgan fingerprint density at radius 3 is 2.45 bits per heavy atom. The van der Waals surface area contributed by atoms with Gasteiger partial charge in [-0.25, -0.2) is 9.37 Å². The van der Waals surface area contributed by atoms with Gasteiger partial charge in [-0.05, 0) is 54.6 Å². The van der Waals surface area contributed by atoms with Gasteiger partial charge in [0.15, 0.2) is 5.76 Å². The summed E-state index contributed by atoms with van der Waals surface area (Å²) < 4.78 is 19.4. The molecule has 4 aromatic rings. The van der Waals surface area contributed by atoms with Crippen molar-refractivity contribution in [3.05, 3.63) is 107 Å². The van der Waals surface area contributed by atoms with Crippen molar-refractivity contribution in [1.82, 2.24) is 10.3 Å². The van der Waals surface area contributed by atoms with Crippen LogP contribution >= 0.6 is 11.6 Å². The number of nitrogens with zero attached hydrogens (tertiary/aromatic N) is 1. The smallest absolute Gasteiger partial charge is 0.251 e. The summed E-state index contributed by atoms with van der Waals surface area (Å²) in [4.78, 5) is 16.6. The minimum Gasteiger partial charge on any atom is -0.439 e. The standard InChI is InChI=1S/C24H19ClFN3O2/c25-19-9-5-16(6-10-19)22-14-28-23(31-22)15-27-20-11-7-17(8-12-20)24(30)29-13-18-3-1-2-4-21(18)26/h1-12,14,27H,13,15H2,(H,29,30). The van der Waals surface area contributed by atoms with Crippen molar-refractivity contribution in [3.63, 3.8) is 0 Å². The lowest BCUT2D eigenvalue weighted by molar-refractivity contribution is 0.0950. The second-order valence-corrected chi connectivity index (χ2v) is 7.27. The second-order valence-electron chi connectivity index (χ2n) is 6.83. The molecule has 156 valence electrons. The number of rotatable bonds is 7. The molecule has 0 radical (unpaired) electrons. The first-order valence-corrected chi connectivity index (χ1v) is 10.0. The van der Waals surface area contributed by atoms with Gasteiger partial charge in [0.1, 0.15) is 5.82 Å². The summed E-state index contributed by atoms with van der Waals surface area (Å²) in [5.41, 5.74) is 2.65. The molecular formula is C24H19ClFN3O2. The zero-order valence-corrected chi connectivity index (χ0v) is 17.2. The van der Waals surface area contributed by atoms with Gasteiger partial charge in [0.05, 0.1) is 12.7 Å². The van der Waals surface area contributed by atoms with Crippen molar-refractivity contribution in [2.24, 2.45) is 0 Å². The highest BCUT2D eigenvalue weighted by Gasteiger charge is 2.09. The van der Waals surface area contributed by atoms with Crippen LogP contribution in [-0.2, 0) is 13.1 Å². The molecule has 1 amide bonds. The van der Waals surface area contributed by atoms with Crippen molar-refractivity contribution < 1.29 is 13.6 Å². The number of aromatic nitrogens is 1. The lowest BCUT2D eigenvalue weighted by Crippen LogP contribution is -2.23. The average Bonchev–Trinajstić information content (AvgIpc) is 3.27. The van der Waals surface area contributed by atoms with Crippen LogP contribution in [0.1, 0.15) is 21.8 Å². The van der Waals surface area contributed by atoms with Gasteiger partial charge >= 0.3 is 0 Å². The van der Waals surface area contributed by atoms with E-state index in [-0.39, 0.29) is 18.3 Å². The molecule has 0 spiro atoms. The van der Waals surface area contributed by atoms with Gasteiger partial charge in [-0.2, -0.15) is 0 Å². The van der Waals surface area contributed by atoms with Gasteiger partial charge in [0.25, 0.3) is 5.91 Å². The van der Waals surface area contributed by atoms with Gasteiger partial charge in [0, 0.05) is 33.9 Å². The highest BCUT2D eigenvalue weighted by Crippen LogP contribution is 2.22. The van der Waals surface area contributed by atoms with Gasteiger partial charge in [0.2, 0.25) is 5.89 Å². The van der Waals surface area contributed by atoms with E-state index in [2.05, 4.69) is 15.6 Å². The number of carbonyl (C=O) groups excluding carboxylic acids is 1. The summed E-state index contributed by atoms with van der Waals surface area (Å²) in [5, 5.41) is 6.59. The van der Waals surface area contributed by atoms with Gasteiger partial charge in [-0.1, -0.05) is 29.8 Å². The Morgan fingerprint density at radius 1 is 0.968 bits per heavy atom. The topological polar surface area (TPSA) is 67.2 Å². The predicted octanol–water partition coefficient (Wildman–Crippen LogP) is 5.68. The molecule has 4 rings (SSSR count). The van der Waals surface area contributed by atoms with Crippen molar-refractivity contribution in [3.8, 4) is 11.3 Å². The van der Waals surface area contributed by atoms with E-state index in [9.17, 15) is 9.18 Å². The second kappa shape index (κ2) is 9.45. The Hall–Kier alpha value is -3.64. The molecule has 3 aromatic carbocycles. The monoisotopic (exact) mass is 435 g/mol. The molecule has 0 unspecified atom stereocenters. The summed E-state index contributed by atoms with van der Waals surface area (Å²) in [6.07, 6.45) is 1.67. The summed E-state index contributed by atoms with van der Waals surface area (Å²) in [7, 11) is 0. The fraction of sp³-hybridized carbons (Fsp3) is 0.0833. The lowest BCUT2D eigenvalue weighted by atomic mass is 10.1. The molecule has 31 heavy (non-hydrogen) atoms. The third-order valence-corrected chi connectivity index (χ3v) is 4.92. The average molecular weight is 436 g/mol. The van der Waals surface area contributed by atoms with E-state index < -0.39 is 0 Å². The highest BCUT2D eigenvalue weighted by atomic mass is 35.5. The van der Waals surface area contributed by atoms with E-state index in [4.69, 9.17) is 16.0 Å². The van der Waals surface area contributed by atoms with E-state index in [1.165, 1.54) is 6.07 Å². The SMILES string of the molecule is O=C(NCc1ccccc1F)c1ccc(NCc2ncc(-c3ccc(Cl)cc3)o2)cc1. The van der Waals surface area contributed by atoms with Crippen LogP contribution in [0.2, 0.25) is 5.02 Å². The Bertz CT molecular complexity index is 1170. The molecule has 0 aliphatic heterocycles. The normalized spacial score (nSPS) is 10.6. The molecule has 0 bridgehead atoms. The molecule has 0 fully saturated rings. The molecule has 0 saturated carbocycles. The molecule has 0 saturated heterocycles. The first-order chi connectivity index (χ1) is 15.1. The number of benzene rings is 3. The van der Waals surface area contributed by atoms with Crippen LogP contribution in [0.4, 0.5) is 10.1 Å². The number of anilines is 1. The molecule has 0 aliphatic carbocycles. The van der Waals surface area contributed by atoms with Crippen LogP contribution in [-0.4, -0.2) is 10.9 Å². The van der Waals surface area contributed by atoms with E-state index in [1.54, 1.807) is 60.8 Å². The quantitative estimate of drug-likeness (QED) is 0.392. The molecule has 1 heterocycles. The van der Waals surface area contributed by atoms with Crippen LogP contribution in [0.25, 0.3) is 11.3 Å². The minimum absolute atomic E-state index is 0.131. The zero-order chi connectivity index (χ0) is 21.6. The summed E-state index contributed by atoms with van der Waals surface area (Å²) in [5.74, 6) is 0.593. The molecule has 5 nitrogen and oxygen atoms in total. The number of nitrogens with one attached hydrogen (secondary N) is 2. The van der Waals surface area contributed by atoms with Gasteiger partial charge < -0.3 is 15.1 Å². The zero-order valence-electron chi connectivity index (χ0n) is 16.4. The van der Waals surface area contributed by atoms with Crippen molar-refractivity contribution in [2.45, 2.75) is 13.1 Å². The Kier molecular flexibility index (Phi) is 6.29. The number of carbonyl (C=O) groups is 1. The lowest BCUT2D eigenvalue weighted by Gasteiger charge is -2.08. The maximum Gasteiger partial charge on any atom is 0.251 e. The highest BCUT2D eigenvalue weighted by molar-refractivity contribution is 6.30. The third-order valence-electron chi connectivity index (χ3n) is 4.67. The summed E-state index contributed by atoms with van der Waals surface area (Å²) >= 11 is 5.91. The maximum atomic E-state index is 13.7. The van der Waals surface area contributed by atoms with E-state index >= 15 is 0 Å². The molecular weight excluding hydrogens is 417 g/mol. The third kappa shape index (κ3) is 5.29. The van der Waals surface area contributed by atoms with Crippen LogP contribution in [0, 0.1) is 5.82 Å². The van der Waals surface area contributed by atoms with Crippen molar-refractivity contribution >= 4 is 23.2 Å². The summed E-state index contributed by atoms with van der Waals surface area (Å²) in [6.45, 7) is 0.526. The van der Waals surface area contributed by atoms with Crippen LogP contribution in [0.5, 0.6) is 0 Å². The first-order valence-electron chi connectivity index (χ1n) is 9.65. The number of oxazole rings is 1. The maximum absolute atomic E-state index is 13.7. The number of hydrogen-bond acceptors (Lipinski definition) is 4. The van der Waals surface area contributed by atoms with E-state index in [1.807, 2.05) is 12.1 Å². The van der Waals surface area contributed by atoms with E-state index in [0.29, 0.717) is 34.3 Å². The fourth-order valence-corrected chi connectivity index (χ4v) is 3.10. The number of halogens is 2. The van der Waals surface area contributed by atoms with Crippen LogP contribution in [0.3, 0.4) is 0 Å². The molecule has 2 N–H and O–H groups in total. The van der Waals surface area contributed by atoms with Gasteiger partial charge in [-0.3, -0.25) is 4.79 Å². The molecule has 7 heteroatoms. The Labute approximate surface area is 183 Å². The van der Waals surface area contributed by atoms with Crippen LogP contribution < -0.4 is 10.6 Å². The number of hydrogen-bond donors (Lipinski definition) is 2. The first kappa shape index (κ1) is 20.6. The minimum atomic E-state index is -0.340.